The Kier molecular flexibility index (Phi) is 5.87. The van der Waals surface area contributed by atoms with Crippen LogP contribution in [0.5, 0.6) is 0 Å². The Morgan fingerprint density at radius 1 is 1.20 bits per heavy atom. The first-order valence-corrected chi connectivity index (χ1v) is 11.2. The highest BCUT2D eigenvalue weighted by molar-refractivity contribution is 5.86. The zero-order chi connectivity index (χ0) is 21.3. The minimum absolute atomic E-state index is 0.0959. The van der Waals surface area contributed by atoms with Crippen LogP contribution in [0.25, 0.3) is 10.9 Å². The third kappa shape index (κ3) is 4.53. The number of likely N-dealkylation sites (tertiary alicyclic amines) is 1. The summed E-state index contributed by atoms with van der Waals surface area (Å²) in [6.07, 6.45) is 3.07. The van der Waals surface area contributed by atoms with Crippen LogP contribution in [0.4, 0.5) is 0 Å². The van der Waals surface area contributed by atoms with E-state index < -0.39 is 0 Å². The fourth-order valence-corrected chi connectivity index (χ4v) is 4.63. The molecule has 0 spiro atoms. The van der Waals surface area contributed by atoms with Crippen LogP contribution >= 0.6 is 0 Å². The number of para-hydroxylation sites is 1. The van der Waals surface area contributed by atoms with Crippen molar-refractivity contribution in [2.24, 2.45) is 11.3 Å². The number of nitrogens with zero attached hydrogens (tertiary/aromatic N) is 2. The van der Waals surface area contributed by atoms with Gasteiger partial charge in [-0.1, -0.05) is 39.0 Å². The quantitative estimate of drug-likeness (QED) is 0.814. The fraction of sp³-hybridized carbons (Fsp3) is 0.583. The highest BCUT2D eigenvalue weighted by Gasteiger charge is 2.28. The van der Waals surface area contributed by atoms with Crippen molar-refractivity contribution >= 4 is 22.7 Å². The van der Waals surface area contributed by atoms with Gasteiger partial charge in [0.05, 0.1) is 6.54 Å². The third-order valence-corrected chi connectivity index (χ3v) is 6.43. The number of carbonyl (C=O) groups excluding carboxylic acids is 2. The summed E-state index contributed by atoms with van der Waals surface area (Å²) in [7, 11) is 0. The zero-order valence-electron chi connectivity index (χ0n) is 18.5. The first-order chi connectivity index (χ1) is 14.3. The Balaban J connectivity index is 1.32. The van der Waals surface area contributed by atoms with Gasteiger partial charge in [0.15, 0.2) is 0 Å². The molecule has 1 atom stereocenters. The molecule has 3 heterocycles. The van der Waals surface area contributed by atoms with Crippen molar-refractivity contribution in [1.82, 2.24) is 20.1 Å². The molecule has 1 saturated heterocycles. The van der Waals surface area contributed by atoms with Gasteiger partial charge in [0.25, 0.3) is 0 Å². The minimum Gasteiger partial charge on any atom is -0.358 e. The Bertz CT molecular complexity index is 927. The number of amides is 2. The highest BCUT2D eigenvalue weighted by atomic mass is 16.2. The van der Waals surface area contributed by atoms with Crippen LogP contribution < -0.4 is 5.32 Å². The molecule has 2 amide bonds. The third-order valence-electron chi connectivity index (χ3n) is 6.43. The molecule has 6 heteroatoms. The minimum atomic E-state index is -0.361. The van der Waals surface area contributed by atoms with E-state index >= 15 is 0 Å². The number of carbonyl (C=O) groups is 2. The number of benzene rings is 1. The lowest BCUT2D eigenvalue weighted by atomic mass is 9.94. The van der Waals surface area contributed by atoms with E-state index in [4.69, 9.17) is 0 Å². The summed E-state index contributed by atoms with van der Waals surface area (Å²) in [5.74, 6) is 0.725. The van der Waals surface area contributed by atoms with Crippen LogP contribution in [0, 0.1) is 11.3 Å². The van der Waals surface area contributed by atoms with Crippen LogP contribution in [0.2, 0.25) is 0 Å². The molecule has 2 N–H and O–H groups in total. The molecule has 1 fully saturated rings. The molecule has 2 aliphatic rings. The first-order valence-electron chi connectivity index (χ1n) is 11.2. The SMILES string of the molecule is CC(C)(C)C(=O)NCC1CCCN(CC(=O)N2CCc3[nH]c4ccccc4c3C2)C1. The van der Waals surface area contributed by atoms with Crippen LogP contribution in [-0.2, 0) is 22.6 Å². The number of fused-ring (bicyclic) bond motifs is 3. The predicted molar refractivity (Wildman–Crippen MR) is 119 cm³/mol. The normalized spacial score (nSPS) is 20.2. The van der Waals surface area contributed by atoms with Crippen molar-refractivity contribution in [3.8, 4) is 0 Å². The van der Waals surface area contributed by atoms with E-state index in [9.17, 15) is 9.59 Å². The topological polar surface area (TPSA) is 68.4 Å². The maximum Gasteiger partial charge on any atom is 0.237 e. The molecule has 2 aromatic rings. The molecule has 1 aromatic carbocycles. The van der Waals surface area contributed by atoms with Gasteiger partial charge in [-0.05, 0) is 31.4 Å². The van der Waals surface area contributed by atoms with Gasteiger partial charge in [0.1, 0.15) is 0 Å². The maximum absolute atomic E-state index is 13.0. The Morgan fingerprint density at radius 3 is 2.80 bits per heavy atom. The number of aromatic amines is 1. The first kappa shape index (κ1) is 20.9. The fourth-order valence-electron chi connectivity index (χ4n) is 4.63. The van der Waals surface area contributed by atoms with E-state index in [2.05, 4.69) is 33.4 Å². The molecule has 0 radical (unpaired) electrons. The Labute approximate surface area is 179 Å². The van der Waals surface area contributed by atoms with Gasteiger partial charge in [-0.15, -0.1) is 0 Å². The Morgan fingerprint density at radius 2 is 2.00 bits per heavy atom. The van der Waals surface area contributed by atoms with Gasteiger partial charge in [-0.2, -0.15) is 0 Å². The van der Waals surface area contributed by atoms with Crippen LogP contribution in [0.1, 0.15) is 44.9 Å². The van der Waals surface area contributed by atoms with Crippen molar-refractivity contribution in [2.45, 2.75) is 46.6 Å². The number of rotatable bonds is 4. The largest absolute Gasteiger partial charge is 0.358 e. The van der Waals surface area contributed by atoms with Gasteiger partial charge < -0.3 is 15.2 Å². The summed E-state index contributed by atoms with van der Waals surface area (Å²) in [4.78, 5) is 33.0. The molecule has 30 heavy (non-hydrogen) atoms. The molecule has 6 nitrogen and oxygen atoms in total. The summed E-state index contributed by atoms with van der Waals surface area (Å²) >= 11 is 0. The van der Waals surface area contributed by atoms with Crippen molar-refractivity contribution in [3.63, 3.8) is 0 Å². The lowest BCUT2D eigenvalue weighted by Gasteiger charge is -2.35. The molecule has 1 unspecified atom stereocenters. The van der Waals surface area contributed by atoms with Gasteiger partial charge in [-0.25, -0.2) is 0 Å². The number of hydrogen-bond donors (Lipinski definition) is 2. The molecular weight excluding hydrogens is 376 g/mol. The zero-order valence-corrected chi connectivity index (χ0v) is 18.5. The van der Waals surface area contributed by atoms with E-state index in [1.807, 2.05) is 31.7 Å². The average Bonchev–Trinajstić information content (AvgIpc) is 3.09. The van der Waals surface area contributed by atoms with Crippen LogP contribution in [-0.4, -0.2) is 59.3 Å². The number of H-pyrrole nitrogens is 1. The molecule has 162 valence electrons. The monoisotopic (exact) mass is 410 g/mol. The molecule has 0 bridgehead atoms. The second kappa shape index (κ2) is 8.42. The summed E-state index contributed by atoms with van der Waals surface area (Å²) in [6.45, 7) is 10.3. The predicted octanol–water partition coefficient (Wildman–Crippen LogP) is 2.93. The van der Waals surface area contributed by atoms with Gasteiger partial charge in [0, 0.05) is 60.2 Å². The van der Waals surface area contributed by atoms with Crippen molar-refractivity contribution in [3.05, 3.63) is 35.5 Å². The maximum atomic E-state index is 13.0. The summed E-state index contributed by atoms with van der Waals surface area (Å²) in [5, 5.41) is 4.32. The molecule has 4 rings (SSSR count). The standard InChI is InChI=1S/C24H34N4O2/c1-24(2,3)23(30)25-13-17-7-6-11-27(14-17)16-22(29)28-12-10-21-19(15-28)18-8-4-5-9-20(18)26-21/h4-5,8-9,17,26H,6-7,10-16H2,1-3H3,(H,25,30). The highest BCUT2D eigenvalue weighted by Crippen LogP contribution is 2.28. The lowest BCUT2D eigenvalue weighted by molar-refractivity contribution is -0.134. The Hall–Kier alpha value is -2.34. The summed E-state index contributed by atoms with van der Waals surface area (Å²) in [6, 6.07) is 8.35. The van der Waals surface area contributed by atoms with Crippen molar-refractivity contribution in [2.75, 3.05) is 32.7 Å². The molecule has 1 aromatic heterocycles. The second-order valence-corrected chi connectivity index (χ2v) is 9.90. The van der Waals surface area contributed by atoms with Gasteiger partial charge in [-0.3, -0.25) is 14.5 Å². The van der Waals surface area contributed by atoms with E-state index in [-0.39, 0.29) is 17.2 Å². The van der Waals surface area contributed by atoms with E-state index in [1.54, 1.807) is 0 Å². The number of piperidine rings is 1. The van der Waals surface area contributed by atoms with Crippen molar-refractivity contribution in [1.29, 1.82) is 0 Å². The number of nitrogens with one attached hydrogen (secondary N) is 2. The van der Waals surface area contributed by atoms with E-state index in [1.165, 1.54) is 16.6 Å². The second-order valence-electron chi connectivity index (χ2n) is 9.90. The summed E-state index contributed by atoms with van der Waals surface area (Å²) in [5.41, 5.74) is 3.34. The van der Waals surface area contributed by atoms with Gasteiger partial charge >= 0.3 is 0 Å². The molecule has 0 aliphatic carbocycles. The number of hydrogen-bond acceptors (Lipinski definition) is 3. The van der Waals surface area contributed by atoms with E-state index in [0.717, 1.165) is 44.4 Å². The van der Waals surface area contributed by atoms with Gasteiger partial charge in [0.2, 0.25) is 11.8 Å². The van der Waals surface area contributed by atoms with Crippen LogP contribution in [0.3, 0.4) is 0 Å². The van der Waals surface area contributed by atoms with Crippen LogP contribution in [0.15, 0.2) is 24.3 Å². The average molecular weight is 411 g/mol. The molecule has 2 aliphatic heterocycles. The number of aromatic nitrogens is 1. The summed E-state index contributed by atoms with van der Waals surface area (Å²) < 4.78 is 0. The van der Waals surface area contributed by atoms with E-state index in [0.29, 0.717) is 25.6 Å². The smallest absolute Gasteiger partial charge is 0.237 e. The van der Waals surface area contributed by atoms with Crippen molar-refractivity contribution < 1.29 is 9.59 Å². The lowest BCUT2D eigenvalue weighted by Crippen LogP contribution is -2.47. The molecule has 0 saturated carbocycles. The molecular formula is C24H34N4O2.